The zero-order valence-electron chi connectivity index (χ0n) is 23.3. The standard InChI is InChI=1S/C31H38F3N5O/c1-22-8-7-13-38(18-22)19-24-15-27(31(32,33)34)28-16-26(17-30(40)39(28)20-24)25-11-6-10-23(14-25)9-4-3-5-12-29-36-35-21-37(29)2/h6,10-11,14-16,20-22,26H,3-5,7-9,12-13,17-19H2,1-2H3/t22-,26?/m0/s1. The van der Waals surface area contributed by atoms with Gasteiger partial charge in [-0.3, -0.25) is 14.6 Å². The summed E-state index contributed by atoms with van der Waals surface area (Å²) in [7, 11) is 1.94. The second-order valence-corrected chi connectivity index (χ2v) is 11.5. The molecule has 0 aliphatic carbocycles. The van der Waals surface area contributed by atoms with Crippen LogP contribution in [0.1, 0.15) is 68.3 Å². The summed E-state index contributed by atoms with van der Waals surface area (Å²) in [5.41, 5.74) is 1.78. The molecule has 3 aliphatic rings. The molecule has 214 valence electrons. The van der Waals surface area contributed by atoms with Gasteiger partial charge in [0.05, 0.1) is 11.3 Å². The van der Waals surface area contributed by atoms with E-state index in [2.05, 4.69) is 22.0 Å². The topological polar surface area (TPSA) is 54.3 Å². The number of fused-ring (bicyclic) bond motifs is 1. The highest BCUT2D eigenvalue weighted by atomic mass is 19.4. The Balaban J connectivity index is 1.27. The molecule has 1 fully saturated rings. The van der Waals surface area contributed by atoms with Crippen molar-refractivity contribution in [3.63, 3.8) is 0 Å². The molecule has 1 unspecified atom stereocenters. The van der Waals surface area contributed by atoms with Crippen molar-refractivity contribution in [2.45, 2.75) is 70.4 Å². The SMILES string of the molecule is C[C@H]1CCCN(CC2=CN3C(=O)CC(c4cccc(CCCCCc5nncn5C)c4)C=C3C(C(F)(F)F)=C2)C1. The molecule has 0 saturated carbocycles. The third kappa shape index (κ3) is 6.74. The second-order valence-electron chi connectivity index (χ2n) is 11.5. The Morgan fingerprint density at radius 1 is 1.12 bits per heavy atom. The summed E-state index contributed by atoms with van der Waals surface area (Å²) in [6.07, 6.45) is 8.83. The lowest BCUT2D eigenvalue weighted by atomic mass is 9.86. The maximum absolute atomic E-state index is 14.3. The van der Waals surface area contributed by atoms with E-state index < -0.39 is 17.7 Å². The molecule has 0 radical (unpaired) electrons. The van der Waals surface area contributed by atoms with E-state index in [0.717, 1.165) is 75.0 Å². The van der Waals surface area contributed by atoms with E-state index in [1.807, 2.05) is 35.9 Å². The van der Waals surface area contributed by atoms with Crippen molar-refractivity contribution in [1.82, 2.24) is 24.6 Å². The van der Waals surface area contributed by atoms with Gasteiger partial charge in [0.15, 0.2) is 0 Å². The Morgan fingerprint density at radius 3 is 2.70 bits per heavy atom. The van der Waals surface area contributed by atoms with Crippen molar-refractivity contribution in [3.8, 4) is 0 Å². The zero-order chi connectivity index (χ0) is 28.3. The van der Waals surface area contributed by atoms with E-state index in [1.54, 1.807) is 18.6 Å². The highest BCUT2D eigenvalue weighted by Gasteiger charge is 2.43. The molecule has 0 bridgehead atoms. The van der Waals surface area contributed by atoms with E-state index in [1.165, 1.54) is 11.0 Å². The van der Waals surface area contributed by atoms with Gasteiger partial charge >= 0.3 is 6.18 Å². The first-order valence-corrected chi connectivity index (χ1v) is 14.4. The van der Waals surface area contributed by atoms with E-state index in [9.17, 15) is 18.0 Å². The highest BCUT2D eigenvalue weighted by molar-refractivity contribution is 5.84. The van der Waals surface area contributed by atoms with Crippen LogP contribution in [-0.4, -0.2) is 56.3 Å². The average molecular weight is 554 g/mol. The maximum atomic E-state index is 14.3. The molecule has 1 amide bonds. The summed E-state index contributed by atoms with van der Waals surface area (Å²) >= 11 is 0. The van der Waals surface area contributed by atoms with Gasteiger partial charge in [-0.1, -0.05) is 43.7 Å². The van der Waals surface area contributed by atoms with Crippen molar-refractivity contribution < 1.29 is 18.0 Å². The summed E-state index contributed by atoms with van der Waals surface area (Å²) in [5, 5.41) is 8.03. The number of aromatic nitrogens is 3. The first-order chi connectivity index (χ1) is 19.2. The largest absolute Gasteiger partial charge is 0.418 e. The average Bonchev–Trinajstić information content (AvgIpc) is 3.32. The number of benzene rings is 1. The molecular weight excluding hydrogens is 515 g/mol. The van der Waals surface area contributed by atoms with Gasteiger partial charge in [0.25, 0.3) is 0 Å². The molecule has 1 aromatic carbocycles. The number of halogens is 3. The van der Waals surface area contributed by atoms with Crippen molar-refractivity contribution >= 4 is 5.91 Å². The minimum absolute atomic E-state index is 0.0429. The van der Waals surface area contributed by atoms with Gasteiger partial charge in [-0.25, -0.2) is 0 Å². The molecule has 2 atom stereocenters. The van der Waals surface area contributed by atoms with E-state index >= 15 is 0 Å². The van der Waals surface area contributed by atoms with Gasteiger partial charge < -0.3 is 4.57 Å². The molecule has 6 nitrogen and oxygen atoms in total. The van der Waals surface area contributed by atoms with Crippen LogP contribution in [0.25, 0.3) is 0 Å². The minimum atomic E-state index is -4.55. The quantitative estimate of drug-likeness (QED) is 0.353. The minimum Gasteiger partial charge on any atom is -0.321 e. The summed E-state index contributed by atoms with van der Waals surface area (Å²) in [6, 6.07) is 7.96. The number of rotatable bonds is 9. The van der Waals surface area contributed by atoms with Crippen LogP contribution in [0.4, 0.5) is 13.2 Å². The van der Waals surface area contributed by atoms with Crippen molar-refractivity contribution in [1.29, 1.82) is 0 Å². The van der Waals surface area contributed by atoms with E-state index in [-0.39, 0.29) is 18.0 Å². The van der Waals surface area contributed by atoms with Gasteiger partial charge in [0, 0.05) is 45.1 Å². The highest BCUT2D eigenvalue weighted by Crippen LogP contribution is 2.42. The smallest absolute Gasteiger partial charge is 0.321 e. The van der Waals surface area contributed by atoms with Crippen LogP contribution in [0, 0.1) is 5.92 Å². The van der Waals surface area contributed by atoms with Crippen LogP contribution in [0.5, 0.6) is 0 Å². The van der Waals surface area contributed by atoms with Crippen molar-refractivity contribution in [2.24, 2.45) is 13.0 Å². The predicted molar refractivity (Wildman–Crippen MR) is 148 cm³/mol. The van der Waals surface area contributed by atoms with E-state index in [4.69, 9.17) is 0 Å². The van der Waals surface area contributed by atoms with Crippen molar-refractivity contribution in [3.05, 3.63) is 82.7 Å². The first-order valence-electron chi connectivity index (χ1n) is 14.4. The maximum Gasteiger partial charge on any atom is 0.418 e. The van der Waals surface area contributed by atoms with Gasteiger partial charge in [0.2, 0.25) is 5.91 Å². The lowest BCUT2D eigenvalue weighted by Gasteiger charge is -2.36. The van der Waals surface area contributed by atoms with Crippen LogP contribution >= 0.6 is 0 Å². The van der Waals surface area contributed by atoms with Crippen LogP contribution in [-0.2, 0) is 24.7 Å². The predicted octanol–water partition coefficient (Wildman–Crippen LogP) is 6.09. The molecule has 3 aliphatic heterocycles. The second kappa shape index (κ2) is 12.1. The number of piperidine rings is 1. The fraction of sp³-hybridized carbons (Fsp3) is 0.516. The number of carbonyl (C=O) groups is 1. The van der Waals surface area contributed by atoms with E-state index in [0.29, 0.717) is 18.0 Å². The molecule has 5 rings (SSSR count). The summed E-state index contributed by atoms with van der Waals surface area (Å²) in [4.78, 5) is 16.7. The van der Waals surface area contributed by atoms with Crippen molar-refractivity contribution in [2.75, 3.05) is 19.6 Å². The molecule has 9 heteroatoms. The number of unbranched alkanes of at least 4 members (excludes halogenated alkanes) is 2. The van der Waals surface area contributed by atoms with Crippen LogP contribution in [0.3, 0.4) is 0 Å². The number of alkyl halides is 3. The lowest BCUT2D eigenvalue weighted by Crippen LogP contribution is -2.39. The fourth-order valence-corrected chi connectivity index (χ4v) is 6.09. The Labute approximate surface area is 234 Å². The Bertz CT molecular complexity index is 1310. The lowest BCUT2D eigenvalue weighted by molar-refractivity contribution is -0.128. The molecule has 2 aromatic rings. The number of allylic oxidation sites excluding steroid dienone is 2. The Hall–Kier alpha value is -3.20. The first kappa shape index (κ1) is 28.3. The number of likely N-dealkylation sites (tertiary alicyclic amines) is 1. The van der Waals surface area contributed by atoms with Gasteiger partial charge in [-0.05, 0) is 67.3 Å². The third-order valence-electron chi connectivity index (χ3n) is 8.19. The van der Waals surface area contributed by atoms with Gasteiger partial charge in [-0.15, -0.1) is 10.2 Å². The normalized spacial score (nSPS) is 22.1. The van der Waals surface area contributed by atoms with Gasteiger partial charge in [0.1, 0.15) is 12.2 Å². The van der Waals surface area contributed by atoms with Crippen LogP contribution in [0.2, 0.25) is 0 Å². The summed E-state index contributed by atoms with van der Waals surface area (Å²) in [6.45, 7) is 4.33. The van der Waals surface area contributed by atoms with Crippen LogP contribution < -0.4 is 0 Å². The molecule has 1 saturated heterocycles. The molecular formula is C31H38F3N5O. The van der Waals surface area contributed by atoms with Gasteiger partial charge in [-0.2, -0.15) is 13.2 Å². The zero-order valence-corrected chi connectivity index (χ0v) is 23.3. The molecule has 1 aromatic heterocycles. The number of amides is 1. The Morgan fingerprint density at radius 2 is 1.95 bits per heavy atom. The molecule has 0 N–H and O–H groups in total. The Kier molecular flexibility index (Phi) is 8.59. The molecule has 40 heavy (non-hydrogen) atoms. The third-order valence-corrected chi connectivity index (χ3v) is 8.19. The number of hydrogen-bond donors (Lipinski definition) is 0. The van der Waals surface area contributed by atoms with Crippen LogP contribution in [0.15, 0.2) is 65.8 Å². The summed E-state index contributed by atoms with van der Waals surface area (Å²) in [5.74, 6) is 0.815. The fourth-order valence-electron chi connectivity index (χ4n) is 6.09. The number of nitrogens with zero attached hydrogens (tertiary/aromatic N) is 5. The number of aryl methyl sites for hydroxylation is 3. The molecule has 0 spiro atoms. The number of hydrogen-bond acceptors (Lipinski definition) is 4. The summed E-state index contributed by atoms with van der Waals surface area (Å²) < 4.78 is 44.7. The monoisotopic (exact) mass is 553 g/mol. The molecule has 4 heterocycles. The number of carbonyl (C=O) groups excluding carboxylic acids is 1.